The molecule has 0 spiro atoms. The van der Waals surface area contributed by atoms with Gasteiger partial charge in [-0.15, -0.1) is 0 Å². The van der Waals surface area contributed by atoms with E-state index in [4.69, 9.17) is 0 Å². The molecule has 0 saturated carbocycles. The number of esters is 1. The van der Waals surface area contributed by atoms with Crippen LogP contribution in [-0.2, 0) is 4.74 Å². The standard InChI is InChI=1S/C9H8BrF2NO3/c1-2-16-9(15)5-3-4(10)7(14)6(13-5)8(11)12/h3,8,14H,2H2,1H3. The molecule has 0 aromatic carbocycles. The van der Waals surface area contributed by atoms with Gasteiger partial charge in [0, 0.05) is 0 Å². The van der Waals surface area contributed by atoms with E-state index in [1.165, 1.54) is 0 Å². The van der Waals surface area contributed by atoms with Crippen LogP contribution < -0.4 is 0 Å². The number of hydrogen-bond donors (Lipinski definition) is 1. The highest BCUT2D eigenvalue weighted by Crippen LogP contribution is 2.33. The predicted molar refractivity (Wildman–Crippen MR) is 54.5 cm³/mol. The summed E-state index contributed by atoms with van der Waals surface area (Å²) in [4.78, 5) is 14.6. The van der Waals surface area contributed by atoms with E-state index in [1.807, 2.05) is 0 Å². The van der Waals surface area contributed by atoms with Crippen LogP contribution in [0.1, 0.15) is 29.5 Å². The molecule has 88 valence electrons. The average Bonchev–Trinajstić information content (AvgIpc) is 2.21. The van der Waals surface area contributed by atoms with Crippen LogP contribution in [0.3, 0.4) is 0 Å². The van der Waals surface area contributed by atoms with Gasteiger partial charge in [0.15, 0.2) is 5.75 Å². The van der Waals surface area contributed by atoms with Crippen LogP contribution in [0.4, 0.5) is 8.78 Å². The number of hydrogen-bond acceptors (Lipinski definition) is 4. The Hall–Kier alpha value is -1.24. The van der Waals surface area contributed by atoms with Gasteiger partial charge in [0.1, 0.15) is 11.4 Å². The molecule has 0 aliphatic carbocycles. The lowest BCUT2D eigenvalue weighted by molar-refractivity contribution is 0.0517. The van der Waals surface area contributed by atoms with Crippen LogP contribution in [0.15, 0.2) is 10.5 Å². The predicted octanol–water partition coefficient (Wildman–Crippen LogP) is 2.66. The van der Waals surface area contributed by atoms with Crippen LogP contribution in [0, 0.1) is 0 Å². The Labute approximate surface area is 98.4 Å². The van der Waals surface area contributed by atoms with Gasteiger partial charge in [-0.3, -0.25) is 0 Å². The van der Waals surface area contributed by atoms with Crippen molar-refractivity contribution in [2.24, 2.45) is 0 Å². The van der Waals surface area contributed by atoms with Crippen LogP contribution in [-0.4, -0.2) is 22.7 Å². The summed E-state index contributed by atoms with van der Waals surface area (Å²) < 4.78 is 29.5. The molecule has 1 N–H and O–H groups in total. The molecule has 0 bridgehead atoms. The zero-order valence-electron chi connectivity index (χ0n) is 8.21. The molecule has 0 fully saturated rings. The van der Waals surface area contributed by atoms with Crippen LogP contribution in [0.2, 0.25) is 0 Å². The molecule has 16 heavy (non-hydrogen) atoms. The summed E-state index contributed by atoms with van der Waals surface area (Å²) in [5.41, 5.74) is -1.13. The fourth-order valence-electron chi connectivity index (χ4n) is 0.987. The molecular formula is C9H8BrF2NO3. The van der Waals surface area contributed by atoms with Crippen molar-refractivity contribution in [2.45, 2.75) is 13.3 Å². The molecule has 1 aromatic rings. The van der Waals surface area contributed by atoms with E-state index < -0.39 is 23.8 Å². The third-order valence-corrected chi connectivity index (χ3v) is 2.27. The van der Waals surface area contributed by atoms with Gasteiger partial charge in [0.25, 0.3) is 6.43 Å². The van der Waals surface area contributed by atoms with Crippen molar-refractivity contribution in [3.63, 3.8) is 0 Å². The number of aromatic hydroxyl groups is 1. The zero-order chi connectivity index (χ0) is 12.3. The minimum atomic E-state index is -2.97. The van der Waals surface area contributed by atoms with Crippen LogP contribution in [0.5, 0.6) is 5.75 Å². The second-order valence-corrected chi connectivity index (χ2v) is 3.60. The van der Waals surface area contributed by atoms with Gasteiger partial charge in [0.05, 0.1) is 11.1 Å². The summed E-state index contributed by atoms with van der Waals surface area (Å²) in [6.45, 7) is 1.70. The van der Waals surface area contributed by atoms with Gasteiger partial charge in [-0.1, -0.05) is 0 Å². The number of carbonyl (C=O) groups is 1. The van der Waals surface area contributed by atoms with E-state index in [9.17, 15) is 18.7 Å². The summed E-state index contributed by atoms with van der Waals surface area (Å²) in [5.74, 6) is -1.49. The first-order valence-electron chi connectivity index (χ1n) is 4.32. The lowest BCUT2D eigenvalue weighted by Gasteiger charge is -2.07. The third kappa shape index (κ3) is 2.66. The minimum Gasteiger partial charge on any atom is -0.505 e. The maximum absolute atomic E-state index is 12.4. The summed E-state index contributed by atoms with van der Waals surface area (Å²) in [7, 11) is 0. The van der Waals surface area contributed by atoms with Crippen molar-refractivity contribution in [2.75, 3.05) is 6.61 Å². The lowest BCUT2D eigenvalue weighted by Crippen LogP contribution is -2.09. The second kappa shape index (κ2) is 5.20. The quantitative estimate of drug-likeness (QED) is 0.871. The van der Waals surface area contributed by atoms with E-state index >= 15 is 0 Å². The molecule has 1 aromatic heterocycles. The largest absolute Gasteiger partial charge is 0.505 e. The van der Waals surface area contributed by atoms with Crippen LogP contribution in [0.25, 0.3) is 0 Å². The molecule has 0 aliphatic heterocycles. The van der Waals surface area contributed by atoms with Gasteiger partial charge in [-0.05, 0) is 28.9 Å². The Balaban J connectivity index is 3.18. The molecule has 0 atom stereocenters. The Bertz CT molecular complexity index is 412. The fourth-order valence-corrected chi connectivity index (χ4v) is 1.41. The molecule has 0 aliphatic rings. The fraction of sp³-hybridized carbons (Fsp3) is 0.333. The Morgan fingerprint density at radius 1 is 1.69 bits per heavy atom. The molecule has 4 nitrogen and oxygen atoms in total. The van der Waals surface area contributed by atoms with Crippen molar-refractivity contribution in [3.8, 4) is 5.75 Å². The van der Waals surface area contributed by atoms with E-state index in [0.29, 0.717) is 0 Å². The molecule has 0 saturated heterocycles. The number of alkyl halides is 2. The highest BCUT2D eigenvalue weighted by atomic mass is 79.9. The van der Waals surface area contributed by atoms with E-state index in [-0.39, 0.29) is 16.8 Å². The number of carbonyl (C=O) groups excluding carboxylic acids is 1. The van der Waals surface area contributed by atoms with E-state index in [2.05, 4.69) is 25.7 Å². The molecule has 0 unspecified atom stereocenters. The van der Waals surface area contributed by atoms with Crippen LogP contribution >= 0.6 is 15.9 Å². The summed E-state index contributed by atoms with van der Waals surface area (Å²) in [6.07, 6.45) is -2.97. The zero-order valence-corrected chi connectivity index (χ0v) is 9.79. The van der Waals surface area contributed by atoms with Crippen molar-refractivity contribution in [1.29, 1.82) is 0 Å². The highest BCUT2D eigenvalue weighted by molar-refractivity contribution is 9.10. The molecule has 0 amide bonds. The number of rotatable bonds is 3. The average molecular weight is 296 g/mol. The second-order valence-electron chi connectivity index (χ2n) is 2.74. The summed E-state index contributed by atoms with van der Waals surface area (Å²) in [5, 5.41) is 9.26. The molecule has 0 radical (unpaired) electrons. The summed E-state index contributed by atoms with van der Waals surface area (Å²) in [6, 6.07) is 1.12. The monoisotopic (exact) mass is 295 g/mol. The first-order chi connectivity index (χ1) is 7.47. The Kier molecular flexibility index (Phi) is 4.17. The molecule has 7 heteroatoms. The normalized spacial score (nSPS) is 10.6. The Morgan fingerprint density at radius 2 is 2.31 bits per heavy atom. The number of ether oxygens (including phenoxy) is 1. The van der Waals surface area contributed by atoms with Crippen molar-refractivity contribution in [1.82, 2.24) is 4.98 Å². The SMILES string of the molecule is CCOC(=O)c1cc(Br)c(O)c(C(F)F)n1. The first-order valence-corrected chi connectivity index (χ1v) is 5.11. The van der Waals surface area contributed by atoms with Gasteiger partial charge < -0.3 is 9.84 Å². The third-order valence-electron chi connectivity index (χ3n) is 1.66. The number of halogens is 3. The van der Waals surface area contributed by atoms with Gasteiger partial charge in [0.2, 0.25) is 0 Å². The van der Waals surface area contributed by atoms with Crippen molar-refractivity contribution in [3.05, 3.63) is 21.9 Å². The highest BCUT2D eigenvalue weighted by Gasteiger charge is 2.21. The Morgan fingerprint density at radius 3 is 2.81 bits per heavy atom. The maximum atomic E-state index is 12.4. The molecule has 1 heterocycles. The topological polar surface area (TPSA) is 59.4 Å². The minimum absolute atomic E-state index is 0.0270. The van der Waals surface area contributed by atoms with E-state index in [0.717, 1.165) is 6.07 Å². The maximum Gasteiger partial charge on any atom is 0.356 e. The van der Waals surface area contributed by atoms with Gasteiger partial charge in [-0.25, -0.2) is 18.6 Å². The number of aromatic nitrogens is 1. The smallest absolute Gasteiger partial charge is 0.356 e. The number of nitrogens with zero attached hydrogens (tertiary/aromatic N) is 1. The van der Waals surface area contributed by atoms with Gasteiger partial charge >= 0.3 is 5.97 Å². The number of pyridine rings is 1. The van der Waals surface area contributed by atoms with E-state index in [1.54, 1.807) is 6.92 Å². The first kappa shape index (κ1) is 12.8. The summed E-state index contributed by atoms with van der Waals surface area (Å²) >= 11 is 2.85. The molecular weight excluding hydrogens is 288 g/mol. The molecule has 1 rings (SSSR count). The lowest BCUT2D eigenvalue weighted by atomic mass is 10.3. The van der Waals surface area contributed by atoms with Crippen molar-refractivity contribution < 1.29 is 23.4 Å². The van der Waals surface area contributed by atoms with Gasteiger partial charge in [-0.2, -0.15) is 0 Å². The van der Waals surface area contributed by atoms with Crippen molar-refractivity contribution >= 4 is 21.9 Å².